The van der Waals surface area contributed by atoms with Gasteiger partial charge in [0.25, 0.3) is 5.91 Å². The number of rotatable bonds is 1. The molecular weight excluding hydrogens is 278 g/mol. The molecule has 80 valence electrons. The minimum absolute atomic E-state index is 0.0356. The van der Waals surface area contributed by atoms with E-state index in [-0.39, 0.29) is 5.91 Å². The maximum atomic E-state index is 12.1. The first-order valence-corrected chi connectivity index (χ1v) is 6.76. The molecule has 1 aromatic heterocycles. The zero-order chi connectivity index (χ0) is 10.4. The van der Waals surface area contributed by atoms with Crippen molar-refractivity contribution < 1.29 is 9.21 Å². The summed E-state index contributed by atoms with van der Waals surface area (Å²) in [5, 5.41) is 0.650. The number of thioether (sulfide) groups is 1. The fourth-order valence-corrected chi connectivity index (χ4v) is 3.96. The molecule has 2 aliphatic rings. The summed E-state index contributed by atoms with van der Waals surface area (Å²) in [6.07, 6.45) is 1.15. The Hall–Kier alpha value is -0.420. The lowest BCUT2D eigenvalue weighted by Gasteiger charge is -2.25. The van der Waals surface area contributed by atoms with Gasteiger partial charge in [0.2, 0.25) is 0 Å². The molecule has 2 atom stereocenters. The molecule has 0 aliphatic carbocycles. The van der Waals surface area contributed by atoms with Crippen LogP contribution in [0.1, 0.15) is 17.0 Å². The van der Waals surface area contributed by atoms with Crippen LogP contribution < -0.4 is 0 Å². The van der Waals surface area contributed by atoms with E-state index in [1.54, 1.807) is 12.1 Å². The molecule has 0 radical (unpaired) electrons. The van der Waals surface area contributed by atoms with Crippen molar-refractivity contribution in [1.82, 2.24) is 4.90 Å². The third kappa shape index (κ3) is 1.61. The summed E-state index contributed by atoms with van der Waals surface area (Å²) in [5.74, 6) is 1.56. The average molecular weight is 288 g/mol. The molecule has 2 aliphatic heterocycles. The van der Waals surface area contributed by atoms with Crippen molar-refractivity contribution in [3.8, 4) is 0 Å². The molecule has 3 rings (SSSR count). The maximum absolute atomic E-state index is 12.1. The first kappa shape index (κ1) is 9.78. The molecule has 2 bridgehead atoms. The van der Waals surface area contributed by atoms with E-state index in [4.69, 9.17) is 4.42 Å². The van der Waals surface area contributed by atoms with Gasteiger partial charge in [-0.15, -0.1) is 0 Å². The van der Waals surface area contributed by atoms with E-state index in [2.05, 4.69) is 15.9 Å². The topological polar surface area (TPSA) is 33.5 Å². The molecule has 3 nitrogen and oxygen atoms in total. The first-order valence-electron chi connectivity index (χ1n) is 4.92. The van der Waals surface area contributed by atoms with E-state index in [9.17, 15) is 4.79 Å². The van der Waals surface area contributed by atoms with Crippen molar-refractivity contribution in [2.45, 2.75) is 17.7 Å². The zero-order valence-electron chi connectivity index (χ0n) is 7.98. The van der Waals surface area contributed by atoms with Gasteiger partial charge < -0.3 is 9.32 Å². The summed E-state index contributed by atoms with van der Waals surface area (Å²) >= 11 is 5.19. The molecule has 2 fully saturated rings. The second kappa shape index (κ2) is 3.56. The Morgan fingerprint density at radius 3 is 3.00 bits per heavy atom. The Labute approximate surface area is 100 Å². The lowest BCUT2D eigenvalue weighted by atomic mass is 10.2. The summed E-state index contributed by atoms with van der Waals surface area (Å²) in [6.45, 7) is 0.881. The second-order valence-corrected chi connectivity index (χ2v) is 6.02. The van der Waals surface area contributed by atoms with E-state index in [1.807, 2.05) is 16.7 Å². The third-order valence-electron chi connectivity index (χ3n) is 2.95. The van der Waals surface area contributed by atoms with Crippen LogP contribution in [0.2, 0.25) is 0 Å². The van der Waals surface area contributed by atoms with Crippen LogP contribution in [-0.4, -0.2) is 34.4 Å². The quantitative estimate of drug-likeness (QED) is 0.795. The van der Waals surface area contributed by atoms with Crippen molar-refractivity contribution >= 4 is 33.6 Å². The largest absolute Gasteiger partial charge is 0.444 e. The van der Waals surface area contributed by atoms with Gasteiger partial charge in [0, 0.05) is 23.6 Å². The van der Waals surface area contributed by atoms with Gasteiger partial charge in [-0.3, -0.25) is 4.79 Å². The predicted molar refractivity (Wildman–Crippen MR) is 62.1 cm³/mol. The highest BCUT2D eigenvalue weighted by atomic mass is 79.9. The number of fused-ring (bicyclic) bond motifs is 2. The van der Waals surface area contributed by atoms with Crippen molar-refractivity contribution in [2.24, 2.45) is 0 Å². The van der Waals surface area contributed by atoms with Crippen molar-refractivity contribution in [3.63, 3.8) is 0 Å². The number of likely N-dealkylation sites (tertiary alicyclic amines) is 1. The van der Waals surface area contributed by atoms with E-state index in [1.165, 1.54) is 0 Å². The first-order chi connectivity index (χ1) is 7.24. The average Bonchev–Trinajstić information content (AvgIpc) is 2.90. The molecule has 1 amide bonds. The standard InChI is InChI=1S/C10H10BrNO2S/c11-9-2-1-8(14-9)10(13)12-4-7-3-6(12)5-15-7/h1-2,6-7H,3-5H2. The number of hydrogen-bond donors (Lipinski definition) is 0. The van der Waals surface area contributed by atoms with Gasteiger partial charge in [-0.25, -0.2) is 0 Å². The normalized spacial score (nSPS) is 28.7. The number of hydrogen-bond acceptors (Lipinski definition) is 3. The molecule has 2 saturated heterocycles. The molecular formula is C10H10BrNO2S. The highest BCUT2D eigenvalue weighted by Crippen LogP contribution is 2.38. The summed E-state index contributed by atoms with van der Waals surface area (Å²) in [5.41, 5.74) is 0. The maximum Gasteiger partial charge on any atom is 0.289 e. The van der Waals surface area contributed by atoms with Crippen LogP contribution in [0, 0.1) is 0 Å². The minimum Gasteiger partial charge on any atom is -0.444 e. The SMILES string of the molecule is O=C(c1ccc(Br)o1)N1CC2CC1CS2. The fourth-order valence-electron chi connectivity index (χ4n) is 2.22. The van der Waals surface area contributed by atoms with E-state index in [0.717, 1.165) is 18.7 Å². The lowest BCUT2D eigenvalue weighted by Crippen LogP contribution is -2.38. The Balaban J connectivity index is 1.81. The number of furan rings is 1. The third-order valence-corrected chi connectivity index (χ3v) is 4.76. The summed E-state index contributed by atoms with van der Waals surface area (Å²) < 4.78 is 5.90. The van der Waals surface area contributed by atoms with E-state index in [0.29, 0.717) is 21.7 Å². The summed E-state index contributed by atoms with van der Waals surface area (Å²) in [7, 11) is 0. The van der Waals surface area contributed by atoms with Crippen molar-refractivity contribution in [3.05, 3.63) is 22.6 Å². The van der Waals surface area contributed by atoms with E-state index < -0.39 is 0 Å². The van der Waals surface area contributed by atoms with Gasteiger partial charge in [-0.2, -0.15) is 11.8 Å². The van der Waals surface area contributed by atoms with Gasteiger partial charge in [0.1, 0.15) is 0 Å². The van der Waals surface area contributed by atoms with Crippen molar-refractivity contribution in [2.75, 3.05) is 12.3 Å². The van der Waals surface area contributed by atoms with Crippen LogP contribution in [0.4, 0.5) is 0 Å². The number of halogens is 1. The summed E-state index contributed by atoms with van der Waals surface area (Å²) in [6, 6.07) is 3.92. The minimum atomic E-state index is 0.0356. The number of carbonyl (C=O) groups is 1. The smallest absolute Gasteiger partial charge is 0.289 e. The molecule has 2 unspecified atom stereocenters. The van der Waals surface area contributed by atoms with Crippen LogP contribution in [0.3, 0.4) is 0 Å². The van der Waals surface area contributed by atoms with Gasteiger partial charge in [0.05, 0.1) is 0 Å². The van der Waals surface area contributed by atoms with Crippen LogP contribution in [0.15, 0.2) is 21.2 Å². The Morgan fingerprint density at radius 2 is 2.47 bits per heavy atom. The summed E-state index contributed by atoms with van der Waals surface area (Å²) in [4.78, 5) is 14.0. The van der Waals surface area contributed by atoms with Gasteiger partial charge in [-0.1, -0.05) is 0 Å². The molecule has 0 N–H and O–H groups in total. The van der Waals surface area contributed by atoms with E-state index >= 15 is 0 Å². The molecule has 0 aromatic carbocycles. The molecule has 5 heteroatoms. The Kier molecular flexibility index (Phi) is 2.32. The second-order valence-electron chi connectivity index (χ2n) is 3.91. The number of carbonyl (C=O) groups excluding carboxylic acids is 1. The number of amides is 1. The van der Waals surface area contributed by atoms with Gasteiger partial charge in [0.15, 0.2) is 10.4 Å². The van der Waals surface area contributed by atoms with Crippen LogP contribution >= 0.6 is 27.7 Å². The Morgan fingerprint density at radius 1 is 1.60 bits per heavy atom. The number of nitrogens with zero attached hydrogens (tertiary/aromatic N) is 1. The molecule has 15 heavy (non-hydrogen) atoms. The molecule has 1 aromatic rings. The van der Waals surface area contributed by atoms with Crippen LogP contribution in [-0.2, 0) is 0 Å². The highest BCUT2D eigenvalue weighted by Gasteiger charge is 2.41. The monoisotopic (exact) mass is 287 g/mol. The zero-order valence-corrected chi connectivity index (χ0v) is 10.4. The predicted octanol–water partition coefficient (Wildman–Crippen LogP) is 2.37. The fraction of sp³-hybridized carbons (Fsp3) is 0.500. The van der Waals surface area contributed by atoms with Crippen LogP contribution in [0.5, 0.6) is 0 Å². The lowest BCUT2D eigenvalue weighted by molar-refractivity contribution is 0.0714. The van der Waals surface area contributed by atoms with Crippen molar-refractivity contribution in [1.29, 1.82) is 0 Å². The van der Waals surface area contributed by atoms with Crippen LogP contribution in [0.25, 0.3) is 0 Å². The molecule has 0 spiro atoms. The molecule has 0 saturated carbocycles. The molecule has 3 heterocycles. The van der Waals surface area contributed by atoms with Gasteiger partial charge in [-0.05, 0) is 34.5 Å². The Bertz CT molecular complexity index is 406. The highest BCUT2D eigenvalue weighted by molar-refractivity contribution is 9.10. The van der Waals surface area contributed by atoms with Gasteiger partial charge >= 0.3 is 0 Å².